The van der Waals surface area contributed by atoms with Crippen LogP contribution in [0.25, 0.3) is 0 Å². The maximum absolute atomic E-state index is 10.2. The zero-order chi connectivity index (χ0) is 27.9. The van der Waals surface area contributed by atoms with Gasteiger partial charge >= 0.3 is 23.9 Å². The number of aliphatic hydroxyl groups excluding tert-OH is 1. The van der Waals surface area contributed by atoms with E-state index in [4.69, 9.17) is 25.8 Å². The molecule has 1 unspecified atom stereocenters. The Morgan fingerprint density at radius 2 is 0.971 bits per heavy atom. The van der Waals surface area contributed by atoms with Crippen molar-refractivity contribution < 1.29 is 54.8 Å². The fraction of sp³-hybridized carbons (Fsp3) is 0.833. The van der Waals surface area contributed by atoms with Crippen LogP contribution in [0.1, 0.15) is 124 Å². The minimum absolute atomic E-state index is 0.167. The van der Waals surface area contributed by atoms with Crippen LogP contribution in [-0.4, -0.2) is 55.8 Å². The first-order valence-corrected chi connectivity index (χ1v) is 12.3. The first-order chi connectivity index (χ1) is 16.5. The number of hydrogen-bond acceptors (Lipinski definition) is 9. The number of aliphatic hydroxyl groups is 1. The van der Waals surface area contributed by atoms with Crippen molar-refractivity contribution in [2.24, 2.45) is 0 Å². The van der Waals surface area contributed by atoms with Crippen LogP contribution in [0.5, 0.6) is 0 Å². The van der Waals surface area contributed by atoms with Gasteiger partial charge in [0.1, 0.15) is 0 Å². The fourth-order valence-corrected chi connectivity index (χ4v) is 2.34. The molecular weight excluding hydrogens is 464 g/mol. The summed E-state index contributed by atoms with van der Waals surface area (Å²) in [7, 11) is 0. The molecule has 0 aromatic heterocycles. The third-order valence-corrected chi connectivity index (χ3v) is 4.08. The highest BCUT2D eigenvalue weighted by Gasteiger charge is 2.00. The van der Waals surface area contributed by atoms with E-state index in [1.165, 1.54) is 51.9 Å². The number of carboxylic acid groups (broad SMARTS) is 2. The van der Waals surface area contributed by atoms with Crippen LogP contribution in [0.15, 0.2) is 0 Å². The molecule has 210 valence electrons. The van der Waals surface area contributed by atoms with Gasteiger partial charge in [-0.15, -0.1) is 0 Å². The normalized spacial score (nSPS) is 10.1. The summed E-state index contributed by atoms with van der Waals surface area (Å²) >= 11 is 0. The largest absolute Gasteiger partial charge is 0.481 e. The summed E-state index contributed by atoms with van der Waals surface area (Å²) in [6, 6.07) is 0. The first kappa shape index (κ1) is 40.0. The zero-order valence-corrected chi connectivity index (χ0v) is 21.9. The van der Waals surface area contributed by atoms with Gasteiger partial charge in [-0.3, -0.25) is 9.59 Å². The number of carbonyl (C=O) groups is 4. The predicted octanol–water partition coefficient (Wildman–Crippen LogP) is 5.44. The molecule has 0 aromatic carbocycles. The van der Waals surface area contributed by atoms with Gasteiger partial charge in [-0.1, -0.05) is 72.1 Å². The van der Waals surface area contributed by atoms with Crippen LogP contribution in [0.3, 0.4) is 0 Å². The predicted molar refractivity (Wildman–Crippen MR) is 131 cm³/mol. The highest BCUT2D eigenvalue weighted by Crippen LogP contribution is 2.10. The molecule has 35 heavy (non-hydrogen) atoms. The quantitative estimate of drug-likeness (QED) is 0.101. The van der Waals surface area contributed by atoms with Gasteiger partial charge in [0.2, 0.25) is 0 Å². The van der Waals surface area contributed by atoms with E-state index >= 15 is 0 Å². The average Bonchev–Trinajstić information content (AvgIpc) is 2.78. The molecule has 0 rings (SSSR count). The molecule has 0 aliphatic heterocycles. The number of unbranched alkanes of at least 4 members (excludes halogenated alkanes) is 8. The number of rotatable bonds is 16. The maximum Gasteiger partial charge on any atom is 0.342 e. The molecule has 1 atom stereocenters. The van der Waals surface area contributed by atoms with Gasteiger partial charge in [-0.25, -0.2) is 9.59 Å². The Labute approximate surface area is 209 Å². The van der Waals surface area contributed by atoms with E-state index in [0.29, 0.717) is 19.3 Å². The lowest BCUT2D eigenvalue weighted by molar-refractivity contribution is -0.234. The topological polar surface area (TPSA) is 188 Å². The Morgan fingerprint density at radius 3 is 1.17 bits per heavy atom. The summed E-state index contributed by atoms with van der Waals surface area (Å²) in [6.45, 7) is 7.33. The lowest BCUT2D eigenvalue weighted by atomic mass is 10.1. The molecular formula is C24H48O11. The molecule has 0 saturated heterocycles. The lowest BCUT2D eigenvalue weighted by Gasteiger charge is -2.00. The zero-order valence-electron chi connectivity index (χ0n) is 21.9. The second-order valence-corrected chi connectivity index (χ2v) is 7.85. The monoisotopic (exact) mass is 512 g/mol. The van der Waals surface area contributed by atoms with Crippen molar-refractivity contribution in [3.63, 3.8) is 0 Å². The Morgan fingerprint density at radius 1 is 0.600 bits per heavy atom. The van der Waals surface area contributed by atoms with E-state index in [-0.39, 0.29) is 19.3 Å². The van der Waals surface area contributed by atoms with Crippen molar-refractivity contribution in [2.75, 3.05) is 0 Å². The second-order valence-electron chi connectivity index (χ2n) is 7.85. The summed E-state index contributed by atoms with van der Waals surface area (Å²) in [5.74, 6) is -2.76. The van der Waals surface area contributed by atoms with E-state index in [1.807, 2.05) is 13.8 Å². The minimum Gasteiger partial charge on any atom is -0.481 e. The van der Waals surface area contributed by atoms with Gasteiger partial charge < -0.3 is 25.1 Å². The average molecular weight is 513 g/mol. The van der Waals surface area contributed by atoms with E-state index < -0.39 is 30.0 Å². The van der Waals surface area contributed by atoms with Crippen LogP contribution in [0.4, 0.5) is 0 Å². The number of hydrogen-bond donors (Lipinski definition) is 5. The van der Waals surface area contributed by atoms with Crippen LogP contribution < -0.4 is 0 Å². The second kappa shape index (κ2) is 33.9. The molecule has 11 heteroatoms. The molecule has 0 aromatic rings. The Balaban J connectivity index is -0.000000196. The Kier molecular flexibility index (Phi) is 38.7. The molecule has 0 spiro atoms. The molecule has 0 aliphatic rings. The SMILES string of the molecule is CC(O)CC(=O)O.CCCC(=O)OO.CCCC(=O)OO.CCCCCCCCCCCC(=O)O. The number of carboxylic acids is 2. The van der Waals surface area contributed by atoms with Gasteiger partial charge in [0.15, 0.2) is 0 Å². The Hall–Kier alpha value is -2.24. The van der Waals surface area contributed by atoms with Gasteiger partial charge in [0, 0.05) is 19.3 Å². The van der Waals surface area contributed by atoms with Gasteiger partial charge in [0.25, 0.3) is 0 Å². The number of aliphatic carboxylic acids is 2. The van der Waals surface area contributed by atoms with Crippen molar-refractivity contribution in [3.8, 4) is 0 Å². The molecule has 0 radical (unpaired) electrons. The van der Waals surface area contributed by atoms with Crippen molar-refractivity contribution in [1.29, 1.82) is 0 Å². The van der Waals surface area contributed by atoms with Crippen LogP contribution in [0.2, 0.25) is 0 Å². The van der Waals surface area contributed by atoms with E-state index in [9.17, 15) is 19.2 Å². The van der Waals surface area contributed by atoms with Crippen LogP contribution in [-0.2, 0) is 29.0 Å². The molecule has 0 amide bonds. The standard InChI is InChI=1S/C12H24O2.3C4H8O3/c1-2-3-4-5-6-7-8-9-10-11-12(13)14;1-3(5)2-4(6)7;2*1-2-3-4(5)7-6/h2-11H2,1H3,(H,13,14);3,5H,2H2,1H3,(H,6,7);2*6H,2-3H2,1H3. The molecule has 0 bridgehead atoms. The lowest BCUT2D eigenvalue weighted by Crippen LogP contribution is -2.07. The number of carbonyl (C=O) groups excluding carboxylic acids is 2. The van der Waals surface area contributed by atoms with Crippen LogP contribution >= 0.6 is 0 Å². The smallest absolute Gasteiger partial charge is 0.342 e. The third kappa shape index (κ3) is 54.3. The Bertz CT molecular complexity index is 476. The van der Waals surface area contributed by atoms with Crippen molar-refractivity contribution in [1.82, 2.24) is 0 Å². The molecule has 11 nitrogen and oxygen atoms in total. The van der Waals surface area contributed by atoms with Crippen LogP contribution in [0, 0.1) is 0 Å². The first-order valence-electron chi connectivity index (χ1n) is 12.3. The third-order valence-electron chi connectivity index (χ3n) is 4.08. The summed E-state index contributed by atoms with van der Waals surface area (Å²) in [6.07, 6.45) is 12.6. The van der Waals surface area contributed by atoms with E-state index in [0.717, 1.165) is 12.8 Å². The summed E-state index contributed by atoms with van der Waals surface area (Å²) in [5, 5.41) is 39.9. The van der Waals surface area contributed by atoms with Gasteiger partial charge in [-0.2, -0.15) is 10.5 Å². The highest BCUT2D eigenvalue weighted by atomic mass is 17.1. The molecule has 0 heterocycles. The van der Waals surface area contributed by atoms with Gasteiger partial charge in [0.05, 0.1) is 12.5 Å². The summed E-state index contributed by atoms with van der Waals surface area (Å²) < 4.78 is 0. The summed E-state index contributed by atoms with van der Waals surface area (Å²) in [5.41, 5.74) is 0. The van der Waals surface area contributed by atoms with E-state index in [1.54, 1.807) is 0 Å². The van der Waals surface area contributed by atoms with Crippen molar-refractivity contribution in [3.05, 3.63) is 0 Å². The summed E-state index contributed by atoms with van der Waals surface area (Å²) in [4.78, 5) is 46.4. The van der Waals surface area contributed by atoms with E-state index in [2.05, 4.69) is 16.7 Å². The maximum atomic E-state index is 10.2. The molecule has 5 N–H and O–H groups in total. The fourth-order valence-electron chi connectivity index (χ4n) is 2.34. The molecule has 0 fully saturated rings. The van der Waals surface area contributed by atoms with Crippen molar-refractivity contribution in [2.45, 2.75) is 130 Å². The molecule has 0 saturated carbocycles. The highest BCUT2D eigenvalue weighted by molar-refractivity contribution is 5.68. The molecule has 0 aliphatic carbocycles. The van der Waals surface area contributed by atoms with Crippen molar-refractivity contribution >= 4 is 23.9 Å². The van der Waals surface area contributed by atoms with Gasteiger partial charge in [-0.05, 0) is 26.2 Å². The minimum atomic E-state index is -0.963.